The number of nitro groups is 1. The van der Waals surface area contributed by atoms with Crippen LogP contribution < -0.4 is 4.74 Å². The van der Waals surface area contributed by atoms with Crippen molar-refractivity contribution in [3.8, 4) is 5.75 Å². The van der Waals surface area contributed by atoms with Gasteiger partial charge in [0.15, 0.2) is 5.78 Å². The van der Waals surface area contributed by atoms with Gasteiger partial charge in [-0.25, -0.2) is 0 Å². The Labute approximate surface area is 122 Å². The molecule has 0 aliphatic carbocycles. The molecule has 0 heterocycles. The minimum absolute atomic E-state index is 0.0403. The van der Waals surface area contributed by atoms with Gasteiger partial charge < -0.3 is 4.74 Å². The van der Waals surface area contributed by atoms with Crippen LogP contribution in [0, 0.1) is 17.0 Å². The molecule has 2 aromatic rings. The van der Waals surface area contributed by atoms with E-state index in [1.165, 1.54) is 19.1 Å². The highest BCUT2D eigenvalue weighted by atomic mass is 16.6. The molecule has 0 fully saturated rings. The molecule has 2 rings (SSSR count). The van der Waals surface area contributed by atoms with Crippen LogP contribution in [-0.2, 0) is 6.61 Å². The number of carbonyl (C=O) groups is 1. The van der Waals surface area contributed by atoms with Crippen molar-refractivity contribution in [2.45, 2.75) is 20.5 Å². The summed E-state index contributed by atoms with van der Waals surface area (Å²) in [5.41, 5.74) is 2.37. The van der Waals surface area contributed by atoms with E-state index in [1.54, 1.807) is 24.3 Å². The van der Waals surface area contributed by atoms with Gasteiger partial charge in [-0.1, -0.05) is 11.6 Å². The zero-order valence-corrected chi connectivity index (χ0v) is 11.8. The SMILES string of the molecule is CC(=O)c1cc(C)ccc1OCc1ccc([N+](=O)[O-])cc1. The minimum Gasteiger partial charge on any atom is -0.488 e. The molecule has 0 aliphatic rings. The number of hydrogen-bond acceptors (Lipinski definition) is 4. The maximum absolute atomic E-state index is 11.6. The van der Waals surface area contributed by atoms with Gasteiger partial charge in [0.1, 0.15) is 12.4 Å². The third kappa shape index (κ3) is 3.66. The second-order valence-electron chi connectivity index (χ2n) is 4.77. The molecule has 0 atom stereocenters. The van der Waals surface area contributed by atoms with Crippen LogP contribution in [0.5, 0.6) is 5.75 Å². The molecule has 21 heavy (non-hydrogen) atoms. The van der Waals surface area contributed by atoms with Crippen molar-refractivity contribution >= 4 is 11.5 Å². The first kappa shape index (κ1) is 14.7. The zero-order chi connectivity index (χ0) is 15.4. The van der Waals surface area contributed by atoms with Crippen LogP contribution in [0.15, 0.2) is 42.5 Å². The van der Waals surface area contributed by atoms with Gasteiger partial charge in [-0.2, -0.15) is 0 Å². The Morgan fingerprint density at radius 1 is 1.19 bits per heavy atom. The number of carbonyl (C=O) groups excluding carboxylic acids is 1. The standard InChI is InChI=1S/C16H15NO4/c1-11-3-8-16(15(9-11)12(2)18)21-10-13-4-6-14(7-5-13)17(19)20/h3-9H,10H2,1-2H3. The van der Waals surface area contributed by atoms with Crippen LogP contribution in [0.4, 0.5) is 5.69 Å². The van der Waals surface area contributed by atoms with Crippen LogP contribution in [0.3, 0.4) is 0 Å². The van der Waals surface area contributed by atoms with Crippen molar-refractivity contribution < 1.29 is 14.5 Å². The Morgan fingerprint density at radius 3 is 2.43 bits per heavy atom. The molecule has 0 radical (unpaired) electrons. The molecule has 5 heteroatoms. The molecule has 5 nitrogen and oxygen atoms in total. The van der Waals surface area contributed by atoms with Gasteiger partial charge >= 0.3 is 0 Å². The smallest absolute Gasteiger partial charge is 0.269 e. The van der Waals surface area contributed by atoms with Crippen LogP contribution in [0.25, 0.3) is 0 Å². The van der Waals surface area contributed by atoms with Gasteiger partial charge in [-0.15, -0.1) is 0 Å². The van der Waals surface area contributed by atoms with Crippen LogP contribution >= 0.6 is 0 Å². The number of rotatable bonds is 5. The third-order valence-corrected chi connectivity index (χ3v) is 3.06. The van der Waals surface area contributed by atoms with Crippen LogP contribution in [-0.4, -0.2) is 10.7 Å². The number of non-ortho nitro benzene ring substituents is 1. The van der Waals surface area contributed by atoms with E-state index in [1.807, 2.05) is 13.0 Å². The zero-order valence-electron chi connectivity index (χ0n) is 11.8. The number of ether oxygens (including phenoxy) is 1. The molecule has 108 valence electrons. The lowest BCUT2D eigenvalue weighted by atomic mass is 10.1. The molecule has 0 N–H and O–H groups in total. The summed E-state index contributed by atoms with van der Waals surface area (Å²) < 4.78 is 5.65. The van der Waals surface area contributed by atoms with Crippen molar-refractivity contribution in [2.75, 3.05) is 0 Å². The van der Waals surface area contributed by atoms with Crippen molar-refractivity contribution in [3.63, 3.8) is 0 Å². The Hall–Kier alpha value is -2.69. The lowest BCUT2D eigenvalue weighted by molar-refractivity contribution is -0.384. The number of ketones is 1. The summed E-state index contributed by atoms with van der Waals surface area (Å²) in [6.07, 6.45) is 0. The quantitative estimate of drug-likeness (QED) is 0.477. The number of aryl methyl sites for hydroxylation is 1. The first-order valence-corrected chi connectivity index (χ1v) is 6.45. The number of Topliss-reactive ketones (excluding diaryl/α,β-unsaturated/α-hetero) is 1. The molecule has 0 saturated heterocycles. The monoisotopic (exact) mass is 285 g/mol. The van der Waals surface area contributed by atoms with E-state index in [0.717, 1.165) is 11.1 Å². The highest BCUT2D eigenvalue weighted by Crippen LogP contribution is 2.22. The van der Waals surface area contributed by atoms with E-state index >= 15 is 0 Å². The van der Waals surface area contributed by atoms with Crippen molar-refractivity contribution in [2.24, 2.45) is 0 Å². The maximum Gasteiger partial charge on any atom is 0.269 e. The fraction of sp³-hybridized carbons (Fsp3) is 0.188. The van der Waals surface area contributed by atoms with Crippen molar-refractivity contribution in [1.82, 2.24) is 0 Å². The first-order chi connectivity index (χ1) is 9.97. The number of nitro benzene ring substituents is 1. The fourth-order valence-electron chi connectivity index (χ4n) is 1.92. The number of nitrogens with zero attached hydrogens (tertiary/aromatic N) is 1. The van der Waals surface area contributed by atoms with Gasteiger partial charge in [0.2, 0.25) is 0 Å². The Kier molecular flexibility index (Phi) is 4.33. The average Bonchev–Trinajstić information content (AvgIpc) is 2.46. The van der Waals surface area contributed by atoms with Crippen LogP contribution in [0.1, 0.15) is 28.4 Å². The molecule has 0 unspecified atom stereocenters. The predicted molar refractivity (Wildman–Crippen MR) is 78.6 cm³/mol. The topological polar surface area (TPSA) is 69.4 Å². The summed E-state index contributed by atoms with van der Waals surface area (Å²) in [4.78, 5) is 21.7. The summed E-state index contributed by atoms with van der Waals surface area (Å²) >= 11 is 0. The molecule has 0 amide bonds. The van der Waals surface area contributed by atoms with Crippen molar-refractivity contribution in [3.05, 3.63) is 69.3 Å². The molecule has 0 saturated carbocycles. The Bertz CT molecular complexity index is 677. The predicted octanol–water partition coefficient (Wildman–Crippen LogP) is 3.68. The van der Waals surface area contributed by atoms with Crippen molar-refractivity contribution in [1.29, 1.82) is 0 Å². The number of benzene rings is 2. The fourth-order valence-corrected chi connectivity index (χ4v) is 1.92. The second-order valence-corrected chi connectivity index (χ2v) is 4.77. The lowest BCUT2D eigenvalue weighted by Crippen LogP contribution is -2.02. The minimum atomic E-state index is -0.446. The lowest BCUT2D eigenvalue weighted by Gasteiger charge is -2.10. The summed E-state index contributed by atoms with van der Waals surface area (Å²) in [7, 11) is 0. The highest BCUT2D eigenvalue weighted by Gasteiger charge is 2.09. The molecule has 0 aliphatic heterocycles. The average molecular weight is 285 g/mol. The molecule has 2 aromatic carbocycles. The summed E-state index contributed by atoms with van der Waals surface area (Å²) in [6.45, 7) is 3.65. The Balaban J connectivity index is 2.13. The molecule has 0 aromatic heterocycles. The second kappa shape index (κ2) is 6.17. The summed E-state index contributed by atoms with van der Waals surface area (Å²) in [5.74, 6) is 0.462. The first-order valence-electron chi connectivity index (χ1n) is 6.45. The molecular formula is C16H15NO4. The van der Waals surface area contributed by atoms with E-state index in [9.17, 15) is 14.9 Å². The van der Waals surface area contributed by atoms with Gasteiger partial charge in [-0.3, -0.25) is 14.9 Å². The van der Waals surface area contributed by atoms with Gasteiger partial charge in [0.05, 0.1) is 10.5 Å². The molecule has 0 spiro atoms. The van der Waals surface area contributed by atoms with E-state index < -0.39 is 4.92 Å². The van der Waals surface area contributed by atoms with Crippen LogP contribution in [0.2, 0.25) is 0 Å². The molecular weight excluding hydrogens is 270 g/mol. The number of hydrogen-bond donors (Lipinski definition) is 0. The van der Waals surface area contributed by atoms with E-state index in [4.69, 9.17) is 4.74 Å². The largest absolute Gasteiger partial charge is 0.488 e. The summed E-state index contributed by atoms with van der Waals surface area (Å²) in [5, 5.41) is 10.6. The molecule has 0 bridgehead atoms. The van der Waals surface area contributed by atoms with E-state index in [0.29, 0.717) is 11.3 Å². The third-order valence-electron chi connectivity index (χ3n) is 3.06. The Morgan fingerprint density at radius 2 is 1.86 bits per heavy atom. The van der Waals surface area contributed by atoms with Gasteiger partial charge in [-0.05, 0) is 43.7 Å². The van der Waals surface area contributed by atoms with E-state index in [-0.39, 0.29) is 18.1 Å². The van der Waals surface area contributed by atoms with Gasteiger partial charge in [0.25, 0.3) is 5.69 Å². The summed E-state index contributed by atoms with van der Waals surface area (Å²) in [6, 6.07) is 11.6. The highest BCUT2D eigenvalue weighted by molar-refractivity contribution is 5.97. The normalized spacial score (nSPS) is 10.2. The van der Waals surface area contributed by atoms with Gasteiger partial charge in [0, 0.05) is 12.1 Å². The van der Waals surface area contributed by atoms with E-state index in [2.05, 4.69) is 0 Å². The maximum atomic E-state index is 11.6.